The van der Waals surface area contributed by atoms with Crippen molar-refractivity contribution in [1.29, 1.82) is 0 Å². The highest BCUT2D eigenvalue weighted by Crippen LogP contribution is 2.32. The SMILES string of the molecule is CNC(Cc1c(Cl)cccc1Cl)c1ccoc1Cl. The van der Waals surface area contributed by atoms with Gasteiger partial charge in [-0.05, 0) is 48.8 Å². The fourth-order valence-corrected chi connectivity index (χ4v) is 2.65. The molecule has 0 amide bonds. The van der Waals surface area contributed by atoms with Crippen molar-refractivity contribution in [2.24, 2.45) is 0 Å². The zero-order valence-corrected chi connectivity index (χ0v) is 12.0. The summed E-state index contributed by atoms with van der Waals surface area (Å²) in [4.78, 5) is 0. The van der Waals surface area contributed by atoms with Crippen molar-refractivity contribution in [1.82, 2.24) is 5.32 Å². The molecule has 0 aliphatic carbocycles. The van der Waals surface area contributed by atoms with Crippen LogP contribution in [0.15, 0.2) is 34.9 Å². The molecule has 2 nitrogen and oxygen atoms in total. The lowest BCUT2D eigenvalue weighted by atomic mass is 10.0. The van der Waals surface area contributed by atoms with Crippen LogP contribution in [-0.4, -0.2) is 7.05 Å². The Balaban J connectivity index is 2.29. The average Bonchev–Trinajstić information content (AvgIpc) is 2.76. The smallest absolute Gasteiger partial charge is 0.197 e. The number of halogens is 3. The Morgan fingerprint density at radius 3 is 2.33 bits per heavy atom. The van der Waals surface area contributed by atoms with Crippen molar-refractivity contribution < 1.29 is 4.42 Å². The highest BCUT2D eigenvalue weighted by Gasteiger charge is 2.18. The van der Waals surface area contributed by atoms with Crippen LogP contribution >= 0.6 is 34.8 Å². The van der Waals surface area contributed by atoms with Crippen molar-refractivity contribution in [3.8, 4) is 0 Å². The normalized spacial score (nSPS) is 12.7. The predicted octanol–water partition coefficient (Wildman–Crippen LogP) is 4.74. The Bertz CT molecular complexity index is 519. The van der Waals surface area contributed by atoms with Crippen molar-refractivity contribution in [2.75, 3.05) is 7.05 Å². The number of rotatable bonds is 4. The number of nitrogens with one attached hydrogen (secondary N) is 1. The summed E-state index contributed by atoms with van der Waals surface area (Å²) in [5.41, 5.74) is 1.80. The van der Waals surface area contributed by atoms with E-state index in [1.165, 1.54) is 0 Å². The molecule has 0 saturated carbocycles. The van der Waals surface area contributed by atoms with Crippen molar-refractivity contribution in [3.63, 3.8) is 0 Å². The number of furan rings is 1. The third-order valence-electron chi connectivity index (χ3n) is 2.84. The van der Waals surface area contributed by atoms with Crippen LogP contribution in [0.25, 0.3) is 0 Å². The van der Waals surface area contributed by atoms with E-state index in [-0.39, 0.29) is 6.04 Å². The lowest BCUT2D eigenvalue weighted by molar-refractivity contribution is 0.544. The van der Waals surface area contributed by atoms with Crippen LogP contribution in [0, 0.1) is 0 Å². The molecule has 0 aliphatic heterocycles. The Hall–Kier alpha value is -0.670. The maximum Gasteiger partial charge on any atom is 0.197 e. The van der Waals surface area contributed by atoms with E-state index in [1.54, 1.807) is 6.26 Å². The molecule has 1 unspecified atom stereocenters. The molecule has 18 heavy (non-hydrogen) atoms. The summed E-state index contributed by atoms with van der Waals surface area (Å²) in [5.74, 6) is 0. The van der Waals surface area contributed by atoms with Gasteiger partial charge in [-0.25, -0.2) is 0 Å². The first-order chi connectivity index (χ1) is 8.63. The van der Waals surface area contributed by atoms with Crippen molar-refractivity contribution in [3.05, 3.63) is 56.9 Å². The number of likely N-dealkylation sites (N-methyl/N-ethyl adjacent to an activating group) is 1. The van der Waals surface area contributed by atoms with Crippen LogP contribution in [0.4, 0.5) is 0 Å². The summed E-state index contributed by atoms with van der Waals surface area (Å²) in [7, 11) is 1.86. The number of benzene rings is 1. The molecule has 96 valence electrons. The van der Waals surface area contributed by atoms with E-state index in [4.69, 9.17) is 39.2 Å². The van der Waals surface area contributed by atoms with Gasteiger partial charge in [0.15, 0.2) is 5.22 Å². The van der Waals surface area contributed by atoms with Crippen molar-refractivity contribution >= 4 is 34.8 Å². The molecule has 1 atom stereocenters. The van der Waals surface area contributed by atoms with Gasteiger partial charge in [-0.15, -0.1) is 0 Å². The molecule has 1 aromatic carbocycles. The molecule has 0 bridgehead atoms. The minimum absolute atomic E-state index is 0.00801. The molecular formula is C13H12Cl3NO. The van der Waals surface area contributed by atoms with Gasteiger partial charge in [0, 0.05) is 21.7 Å². The molecule has 0 radical (unpaired) electrons. The maximum atomic E-state index is 6.16. The third-order valence-corrected chi connectivity index (χ3v) is 3.86. The molecule has 2 aromatic rings. The zero-order chi connectivity index (χ0) is 13.1. The van der Waals surface area contributed by atoms with E-state index < -0.39 is 0 Å². The molecule has 0 fully saturated rings. The first kappa shape index (κ1) is 13.8. The van der Waals surface area contributed by atoms with Crippen LogP contribution < -0.4 is 5.32 Å². The van der Waals surface area contributed by atoms with Crippen molar-refractivity contribution in [2.45, 2.75) is 12.5 Å². The van der Waals surface area contributed by atoms with E-state index in [9.17, 15) is 0 Å². The van der Waals surface area contributed by atoms with Crippen LogP contribution in [0.2, 0.25) is 15.3 Å². The lowest BCUT2D eigenvalue weighted by Crippen LogP contribution is -2.19. The number of hydrogen-bond acceptors (Lipinski definition) is 2. The Labute approximate surface area is 121 Å². The third kappa shape index (κ3) is 2.83. The van der Waals surface area contributed by atoms with Gasteiger partial charge in [0.2, 0.25) is 0 Å². The molecule has 1 heterocycles. The second kappa shape index (κ2) is 5.98. The van der Waals surface area contributed by atoms with Gasteiger partial charge in [-0.3, -0.25) is 0 Å². The largest absolute Gasteiger partial charge is 0.453 e. The fraction of sp³-hybridized carbons (Fsp3) is 0.231. The van der Waals surface area contributed by atoms with Gasteiger partial charge in [0.05, 0.1) is 6.26 Å². The standard InChI is InChI=1S/C13H12Cl3NO/c1-17-12(8-5-6-18-13(8)16)7-9-10(14)3-2-4-11(9)15/h2-6,12,17H,7H2,1H3. The molecule has 5 heteroatoms. The minimum Gasteiger partial charge on any atom is -0.453 e. The van der Waals surface area contributed by atoms with Gasteiger partial charge < -0.3 is 9.73 Å². The molecule has 0 aliphatic rings. The first-order valence-corrected chi connectivity index (χ1v) is 6.60. The summed E-state index contributed by atoms with van der Waals surface area (Å²) in [6.07, 6.45) is 2.21. The van der Waals surface area contributed by atoms with E-state index in [1.807, 2.05) is 31.3 Å². The monoisotopic (exact) mass is 303 g/mol. The number of hydrogen-bond donors (Lipinski definition) is 1. The first-order valence-electron chi connectivity index (χ1n) is 5.46. The lowest BCUT2D eigenvalue weighted by Gasteiger charge is -2.16. The quantitative estimate of drug-likeness (QED) is 0.882. The van der Waals surface area contributed by atoms with Gasteiger partial charge >= 0.3 is 0 Å². The fourth-order valence-electron chi connectivity index (χ4n) is 1.85. The minimum atomic E-state index is 0.00801. The van der Waals surface area contributed by atoms with E-state index in [0.29, 0.717) is 21.7 Å². The zero-order valence-electron chi connectivity index (χ0n) is 9.71. The molecule has 0 spiro atoms. The van der Waals surface area contributed by atoms with E-state index in [2.05, 4.69) is 5.32 Å². The summed E-state index contributed by atoms with van der Waals surface area (Å²) >= 11 is 18.3. The molecule has 2 rings (SSSR count). The predicted molar refractivity (Wildman–Crippen MR) is 75.7 cm³/mol. The van der Waals surface area contributed by atoms with Gasteiger partial charge in [-0.2, -0.15) is 0 Å². The topological polar surface area (TPSA) is 25.2 Å². The van der Waals surface area contributed by atoms with Crippen LogP contribution in [0.3, 0.4) is 0 Å². The average molecular weight is 305 g/mol. The second-order valence-corrected chi connectivity index (χ2v) is 5.05. The summed E-state index contributed by atoms with van der Waals surface area (Å²) in [6.45, 7) is 0. The second-order valence-electron chi connectivity index (χ2n) is 3.90. The van der Waals surface area contributed by atoms with Gasteiger partial charge in [-0.1, -0.05) is 29.3 Å². The van der Waals surface area contributed by atoms with Crippen LogP contribution in [0.5, 0.6) is 0 Å². The van der Waals surface area contributed by atoms with Gasteiger partial charge in [0.1, 0.15) is 0 Å². The van der Waals surface area contributed by atoms with Crippen LogP contribution in [0.1, 0.15) is 17.2 Å². The molecule has 1 aromatic heterocycles. The highest BCUT2D eigenvalue weighted by molar-refractivity contribution is 6.36. The summed E-state index contributed by atoms with van der Waals surface area (Å²) in [6, 6.07) is 7.33. The Kier molecular flexibility index (Phi) is 4.57. The molecule has 0 saturated heterocycles. The summed E-state index contributed by atoms with van der Waals surface area (Å²) in [5, 5.41) is 4.88. The maximum absolute atomic E-state index is 6.16. The Morgan fingerprint density at radius 2 is 1.83 bits per heavy atom. The highest BCUT2D eigenvalue weighted by atomic mass is 35.5. The summed E-state index contributed by atoms with van der Waals surface area (Å²) < 4.78 is 5.10. The van der Waals surface area contributed by atoms with E-state index >= 15 is 0 Å². The van der Waals surface area contributed by atoms with Crippen LogP contribution in [-0.2, 0) is 6.42 Å². The molecule has 1 N–H and O–H groups in total. The molecular weight excluding hydrogens is 293 g/mol. The Morgan fingerprint density at radius 1 is 1.17 bits per heavy atom. The van der Waals surface area contributed by atoms with Gasteiger partial charge in [0.25, 0.3) is 0 Å². The van der Waals surface area contributed by atoms with E-state index in [0.717, 1.165) is 11.1 Å².